The molecule has 2 rings (SSSR count). The maximum absolute atomic E-state index is 6.21. The van der Waals surface area contributed by atoms with Gasteiger partial charge in [0.2, 0.25) is 0 Å². The van der Waals surface area contributed by atoms with Gasteiger partial charge < -0.3 is 9.47 Å². The molecule has 0 saturated carbocycles. The molecule has 0 unspecified atom stereocenters. The Morgan fingerprint density at radius 2 is 1.82 bits per heavy atom. The summed E-state index contributed by atoms with van der Waals surface area (Å²) >= 11 is 7.80. The van der Waals surface area contributed by atoms with E-state index in [4.69, 9.17) is 21.1 Å². The van der Waals surface area contributed by atoms with Crippen molar-refractivity contribution in [2.24, 2.45) is 0 Å². The van der Waals surface area contributed by atoms with E-state index in [-0.39, 0.29) is 0 Å². The summed E-state index contributed by atoms with van der Waals surface area (Å²) in [5.41, 5.74) is 1.71. The second-order valence-corrected chi connectivity index (χ2v) is 4.91. The molecule has 0 N–H and O–H groups in total. The number of methoxy groups -OCH3 is 2. The molecular weight excluding hydrogens is 258 g/mol. The first-order valence-electron chi connectivity index (χ1n) is 4.99. The molecule has 0 amide bonds. The van der Waals surface area contributed by atoms with Gasteiger partial charge in [0.15, 0.2) is 11.5 Å². The lowest BCUT2D eigenvalue weighted by Gasteiger charge is -2.10. The zero-order valence-electron chi connectivity index (χ0n) is 9.78. The Kier molecular flexibility index (Phi) is 3.54. The van der Waals surface area contributed by atoms with Crippen molar-refractivity contribution in [1.29, 1.82) is 0 Å². The fourth-order valence-corrected chi connectivity index (χ4v) is 2.40. The molecule has 17 heavy (non-hydrogen) atoms. The van der Waals surface area contributed by atoms with Crippen LogP contribution in [-0.4, -0.2) is 19.2 Å². The molecule has 90 valence electrons. The van der Waals surface area contributed by atoms with E-state index in [0.29, 0.717) is 16.5 Å². The highest BCUT2D eigenvalue weighted by Crippen LogP contribution is 2.38. The SMILES string of the molecule is COc1cc(Cl)c(-c2csc(C)n2)cc1OC. The lowest BCUT2D eigenvalue weighted by atomic mass is 10.1. The third-order valence-corrected chi connectivity index (χ3v) is 3.45. The van der Waals surface area contributed by atoms with E-state index in [1.807, 2.05) is 18.4 Å². The zero-order chi connectivity index (χ0) is 12.4. The van der Waals surface area contributed by atoms with Crippen molar-refractivity contribution in [3.05, 3.63) is 27.5 Å². The summed E-state index contributed by atoms with van der Waals surface area (Å²) in [5, 5.41) is 3.58. The fourth-order valence-electron chi connectivity index (χ4n) is 1.54. The maximum Gasteiger partial charge on any atom is 0.162 e. The predicted molar refractivity (Wildman–Crippen MR) is 70.4 cm³/mol. The van der Waals surface area contributed by atoms with Gasteiger partial charge in [-0.05, 0) is 13.0 Å². The number of hydrogen-bond donors (Lipinski definition) is 0. The molecule has 1 aromatic carbocycles. The lowest BCUT2D eigenvalue weighted by Crippen LogP contribution is -1.92. The monoisotopic (exact) mass is 269 g/mol. The molecule has 1 aromatic heterocycles. The molecule has 0 aliphatic heterocycles. The van der Waals surface area contributed by atoms with E-state index in [2.05, 4.69) is 4.98 Å². The molecule has 1 heterocycles. The zero-order valence-corrected chi connectivity index (χ0v) is 11.4. The standard InChI is InChI=1S/C12H12ClNO2S/c1-7-14-10(6-17-7)8-4-11(15-2)12(16-3)5-9(8)13/h4-6H,1-3H3. The number of rotatable bonds is 3. The molecule has 5 heteroatoms. The number of ether oxygens (including phenoxy) is 2. The van der Waals surface area contributed by atoms with Crippen LogP contribution in [0.25, 0.3) is 11.3 Å². The highest BCUT2D eigenvalue weighted by molar-refractivity contribution is 7.09. The third-order valence-electron chi connectivity index (χ3n) is 2.37. The van der Waals surface area contributed by atoms with Gasteiger partial charge in [0, 0.05) is 17.0 Å². The van der Waals surface area contributed by atoms with Crippen molar-refractivity contribution >= 4 is 22.9 Å². The summed E-state index contributed by atoms with van der Waals surface area (Å²) in [6.45, 7) is 1.96. The van der Waals surface area contributed by atoms with E-state index in [1.165, 1.54) is 0 Å². The van der Waals surface area contributed by atoms with E-state index >= 15 is 0 Å². The van der Waals surface area contributed by atoms with Gasteiger partial charge in [-0.3, -0.25) is 0 Å². The molecule has 0 aliphatic rings. The molecule has 0 aliphatic carbocycles. The number of benzene rings is 1. The van der Waals surface area contributed by atoms with Gasteiger partial charge >= 0.3 is 0 Å². The number of halogens is 1. The summed E-state index contributed by atoms with van der Waals surface area (Å²) in [4.78, 5) is 4.41. The quantitative estimate of drug-likeness (QED) is 0.850. The molecule has 0 spiro atoms. The van der Waals surface area contributed by atoms with Crippen LogP contribution in [0, 0.1) is 6.92 Å². The van der Waals surface area contributed by atoms with Crippen LogP contribution in [0.1, 0.15) is 5.01 Å². The van der Waals surface area contributed by atoms with Crippen molar-refractivity contribution in [2.45, 2.75) is 6.92 Å². The summed E-state index contributed by atoms with van der Waals surface area (Å²) in [5.74, 6) is 1.27. The smallest absolute Gasteiger partial charge is 0.162 e. The van der Waals surface area contributed by atoms with Crippen LogP contribution in [0.4, 0.5) is 0 Å². The number of aryl methyl sites for hydroxylation is 1. The minimum absolute atomic E-state index is 0.605. The first-order valence-corrected chi connectivity index (χ1v) is 6.25. The second kappa shape index (κ2) is 4.94. The van der Waals surface area contributed by atoms with Crippen LogP contribution in [0.3, 0.4) is 0 Å². The Labute approximate surface area is 109 Å². The highest BCUT2D eigenvalue weighted by Gasteiger charge is 2.13. The Morgan fingerprint density at radius 1 is 1.18 bits per heavy atom. The summed E-state index contributed by atoms with van der Waals surface area (Å²) in [7, 11) is 3.18. The number of thiazole rings is 1. The largest absolute Gasteiger partial charge is 0.493 e. The van der Waals surface area contributed by atoms with E-state index in [1.54, 1.807) is 31.6 Å². The van der Waals surface area contributed by atoms with Gasteiger partial charge in [0.1, 0.15) is 0 Å². The molecule has 0 atom stereocenters. The third kappa shape index (κ3) is 2.37. The van der Waals surface area contributed by atoms with Gasteiger partial charge in [-0.1, -0.05) is 11.6 Å². The van der Waals surface area contributed by atoms with Gasteiger partial charge in [0.05, 0.1) is 29.9 Å². The van der Waals surface area contributed by atoms with Gasteiger partial charge in [-0.2, -0.15) is 0 Å². The van der Waals surface area contributed by atoms with Crippen molar-refractivity contribution in [1.82, 2.24) is 4.98 Å². The van der Waals surface area contributed by atoms with Gasteiger partial charge in [0.25, 0.3) is 0 Å². The lowest BCUT2D eigenvalue weighted by molar-refractivity contribution is 0.355. The average molecular weight is 270 g/mol. The molecule has 0 radical (unpaired) electrons. The van der Waals surface area contributed by atoms with Crippen LogP contribution in [-0.2, 0) is 0 Å². The number of nitrogens with zero attached hydrogens (tertiary/aromatic N) is 1. The highest BCUT2D eigenvalue weighted by atomic mass is 35.5. The van der Waals surface area contributed by atoms with E-state index in [9.17, 15) is 0 Å². The van der Waals surface area contributed by atoms with Crippen LogP contribution in [0.15, 0.2) is 17.5 Å². The Bertz CT molecular complexity index is 539. The normalized spacial score (nSPS) is 10.4. The van der Waals surface area contributed by atoms with Crippen LogP contribution >= 0.6 is 22.9 Å². The summed E-state index contributed by atoms with van der Waals surface area (Å²) in [6, 6.07) is 3.58. The van der Waals surface area contributed by atoms with E-state index < -0.39 is 0 Å². The van der Waals surface area contributed by atoms with E-state index in [0.717, 1.165) is 16.3 Å². The summed E-state index contributed by atoms with van der Waals surface area (Å²) < 4.78 is 10.4. The Hall–Kier alpha value is -1.26. The minimum atomic E-state index is 0.605. The van der Waals surface area contributed by atoms with Gasteiger partial charge in [-0.25, -0.2) is 4.98 Å². The van der Waals surface area contributed by atoms with Crippen molar-refractivity contribution in [3.8, 4) is 22.8 Å². The molecule has 3 nitrogen and oxygen atoms in total. The first-order chi connectivity index (χ1) is 8.15. The average Bonchev–Trinajstić information content (AvgIpc) is 2.75. The molecule has 0 fully saturated rings. The summed E-state index contributed by atoms with van der Waals surface area (Å²) in [6.07, 6.45) is 0. The Morgan fingerprint density at radius 3 is 2.35 bits per heavy atom. The van der Waals surface area contributed by atoms with Gasteiger partial charge in [-0.15, -0.1) is 11.3 Å². The Balaban J connectivity index is 2.55. The number of aromatic nitrogens is 1. The molecule has 2 aromatic rings. The number of hydrogen-bond acceptors (Lipinski definition) is 4. The minimum Gasteiger partial charge on any atom is -0.493 e. The maximum atomic E-state index is 6.21. The predicted octanol–water partition coefficient (Wildman–Crippen LogP) is 3.79. The topological polar surface area (TPSA) is 31.4 Å². The van der Waals surface area contributed by atoms with Crippen LogP contribution < -0.4 is 9.47 Å². The van der Waals surface area contributed by atoms with Crippen LogP contribution in [0.5, 0.6) is 11.5 Å². The molecule has 0 saturated heterocycles. The first kappa shape index (κ1) is 12.2. The van der Waals surface area contributed by atoms with Crippen molar-refractivity contribution < 1.29 is 9.47 Å². The van der Waals surface area contributed by atoms with Crippen molar-refractivity contribution in [3.63, 3.8) is 0 Å². The molecular formula is C12H12ClNO2S. The van der Waals surface area contributed by atoms with Crippen LogP contribution in [0.2, 0.25) is 5.02 Å². The second-order valence-electron chi connectivity index (χ2n) is 3.44. The molecule has 0 bridgehead atoms. The van der Waals surface area contributed by atoms with Crippen molar-refractivity contribution in [2.75, 3.05) is 14.2 Å². The fraction of sp³-hybridized carbons (Fsp3) is 0.250.